The van der Waals surface area contributed by atoms with Gasteiger partial charge in [-0.25, -0.2) is 0 Å². The summed E-state index contributed by atoms with van der Waals surface area (Å²) in [7, 11) is 1.93. The zero-order chi connectivity index (χ0) is 20.6. The summed E-state index contributed by atoms with van der Waals surface area (Å²) in [4.78, 5) is 15.6. The van der Waals surface area contributed by atoms with Crippen molar-refractivity contribution in [1.82, 2.24) is 15.1 Å². The van der Waals surface area contributed by atoms with E-state index in [1.807, 2.05) is 18.7 Å². The van der Waals surface area contributed by atoms with Crippen molar-refractivity contribution in [2.45, 2.75) is 57.1 Å². The number of aliphatic hydroxyl groups is 1. The van der Waals surface area contributed by atoms with Crippen molar-refractivity contribution in [3.63, 3.8) is 0 Å². The second kappa shape index (κ2) is 6.33. The Bertz CT molecular complexity index is 1010. The Kier molecular flexibility index (Phi) is 3.89. The Balaban J connectivity index is 1.26. The van der Waals surface area contributed by atoms with E-state index >= 15 is 0 Å². The van der Waals surface area contributed by atoms with E-state index in [1.54, 1.807) is 0 Å². The van der Waals surface area contributed by atoms with Crippen LogP contribution in [0.3, 0.4) is 0 Å². The maximum Gasteiger partial charge on any atom is 0.272 e. The molecule has 2 N–H and O–H groups in total. The number of aromatic nitrogens is 2. The van der Waals surface area contributed by atoms with Gasteiger partial charge in [-0.2, -0.15) is 5.10 Å². The maximum absolute atomic E-state index is 13.3. The molecule has 1 aromatic carbocycles. The van der Waals surface area contributed by atoms with Crippen LogP contribution in [0.1, 0.15) is 53.7 Å². The molecule has 2 heterocycles. The number of benzene rings is 1. The predicted octanol–water partition coefficient (Wildman–Crippen LogP) is 3.09. The zero-order valence-electron chi connectivity index (χ0n) is 17.8. The molecule has 0 radical (unpaired) electrons. The topological polar surface area (TPSA) is 70.4 Å². The number of para-hydroxylation sites is 1. The van der Waals surface area contributed by atoms with Gasteiger partial charge in [0.1, 0.15) is 5.82 Å². The Labute approximate surface area is 177 Å². The van der Waals surface area contributed by atoms with Crippen LogP contribution < -0.4 is 10.2 Å². The number of hydrogen-bond donors (Lipinski definition) is 2. The van der Waals surface area contributed by atoms with Gasteiger partial charge in [-0.15, -0.1) is 0 Å². The first kappa shape index (κ1) is 18.4. The van der Waals surface area contributed by atoms with Gasteiger partial charge >= 0.3 is 0 Å². The quantitative estimate of drug-likeness (QED) is 0.822. The summed E-state index contributed by atoms with van der Waals surface area (Å²) in [6, 6.07) is 8.64. The summed E-state index contributed by atoms with van der Waals surface area (Å²) in [5.41, 5.74) is 3.55. The fraction of sp³-hybridized carbons (Fsp3) is 0.583. The van der Waals surface area contributed by atoms with E-state index in [-0.39, 0.29) is 11.9 Å². The minimum Gasteiger partial charge on any atom is -0.390 e. The molecule has 2 aromatic rings. The highest BCUT2D eigenvalue weighted by Gasteiger charge is 2.55. The highest BCUT2D eigenvalue weighted by atomic mass is 16.3. The molecule has 0 saturated heterocycles. The molecular formula is C24H30N4O2. The molecule has 4 aliphatic carbocycles. The third kappa shape index (κ3) is 2.66. The molecule has 4 bridgehead atoms. The molecule has 30 heavy (non-hydrogen) atoms. The lowest BCUT2D eigenvalue weighted by Gasteiger charge is -2.58. The molecule has 2 unspecified atom stereocenters. The average molecular weight is 407 g/mol. The van der Waals surface area contributed by atoms with Crippen molar-refractivity contribution in [2.75, 3.05) is 11.4 Å². The van der Waals surface area contributed by atoms with E-state index in [0.717, 1.165) is 56.5 Å². The molecule has 1 aliphatic heterocycles. The van der Waals surface area contributed by atoms with E-state index in [1.165, 1.54) is 11.3 Å². The number of nitrogens with one attached hydrogen (secondary N) is 1. The van der Waals surface area contributed by atoms with Crippen molar-refractivity contribution in [3.8, 4) is 0 Å². The SMILES string of the molecule is Cc1c(C(=O)NC2C3CC4CC2CC(O)(C4)C3)nn(C)c1N1CCc2ccccc21. The molecule has 158 valence electrons. The Morgan fingerprint density at radius 1 is 1.20 bits per heavy atom. The van der Waals surface area contributed by atoms with Crippen molar-refractivity contribution < 1.29 is 9.90 Å². The van der Waals surface area contributed by atoms with Crippen molar-refractivity contribution in [3.05, 3.63) is 41.1 Å². The molecule has 1 aromatic heterocycles. The summed E-state index contributed by atoms with van der Waals surface area (Å²) in [5, 5.41) is 18.8. The maximum atomic E-state index is 13.3. The van der Waals surface area contributed by atoms with Crippen molar-refractivity contribution in [2.24, 2.45) is 24.8 Å². The average Bonchev–Trinajstić information content (AvgIpc) is 3.23. The highest BCUT2D eigenvalue weighted by molar-refractivity contribution is 5.95. The van der Waals surface area contributed by atoms with E-state index in [0.29, 0.717) is 23.4 Å². The normalized spacial score (nSPS) is 33.8. The van der Waals surface area contributed by atoms with Crippen LogP contribution in [0.4, 0.5) is 11.5 Å². The van der Waals surface area contributed by atoms with E-state index in [2.05, 4.69) is 39.6 Å². The molecule has 1 amide bonds. The summed E-state index contributed by atoms with van der Waals surface area (Å²) < 4.78 is 1.85. The largest absolute Gasteiger partial charge is 0.390 e. The number of hydrogen-bond acceptors (Lipinski definition) is 4. The number of nitrogens with zero attached hydrogens (tertiary/aromatic N) is 3. The van der Waals surface area contributed by atoms with Gasteiger partial charge < -0.3 is 15.3 Å². The Hall–Kier alpha value is -2.34. The third-order valence-electron chi connectivity index (χ3n) is 8.14. The molecule has 4 fully saturated rings. The van der Waals surface area contributed by atoms with Crippen LogP contribution in [-0.4, -0.2) is 39.0 Å². The molecule has 0 spiro atoms. The van der Waals surface area contributed by atoms with Gasteiger partial charge in [-0.05, 0) is 74.8 Å². The van der Waals surface area contributed by atoms with Crippen LogP contribution >= 0.6 is 0 Å². The zero-order valence-corrected chi connectivity index (χ0v) is 17.8. The number of carbonyl (C=O) groups is 1. The van der Waals surface area contributed by atoms with Crippen LogP contribution in [0.25, 0.3) is 0 Å². The lowest BCUT2D eigenvalue weighted by atomic mass is 9.52. The second-order valence-corrected chi connectivity index (χ2v) is 10.1. The first-order valence-corrected chi connectivity index (χ1v) is 11.3. The predicted molar refractivity (Wildman–Crippen MR) is 115 cm³/mol. The first-order valence-electron chi connectivity index (χ1n) is 11.3. The standard InChI is InChI=1S/C24H30N4O2/c1-14-20(26-27(2)23(14)28-8-7-16-5-3-4-6-19(16)28)22(29)25-21-17-9-15-10-18(21)13-24(30,11-15)12-17/h3-6,15,17-18,21,30H,7-13H2,1-2H3,(H,25,29). The monoisotopic (exact) mass is 406 g/mol. The fourth-order valence-electron chi connectivity index (χ4n) is 7.21. The smallest absolute Gasteiger partial charge is 0.272 e. The Morgan fingerprint density at radius 3 is 2.67 bits per heavy atom. The van der Waals surface area contributed by atoms with Gasteiger partial charge in [-0.1, -0.05) is 18.2 Å². The third-order valence-corrected chi connectivity index (χ3v) is 8.14. The molecule has 5 aliphatic rings. The van der Waals surface area contributed by atoms with E-state index < -0.39 is 5.60 Å². The van der Waals surface area contributed by atoms with Gasteiger partial charge in [0.05, 0.1) is 5.60 Å². The van der Waals surface area contributed by atoms with Crippen LogP contribution in [0.2, 0.25) is 0 Å². The van der Waals surface area contributed by atoms with E-state index in [4.69, 9.17) is 0 Å². The minimum absolute atomic E-state index is 0.0636. The van der Waals surface area contributed by atoms with Gasteiger partial charge in [0.2, 0.25) is 0 Å². The molecule has 7 rings (SSSR count). The Morgan fingerprint density at radius 2 is 1.93 bits per heavy atom. The number of rotatable bonds is 3. The number of amides is 1. The molecule has 6 nitrogen and oxygen atoms in total. The van der Waals surface area contributed by atoms with Crippen LogP contribution in [0.5, 0.6) is 0 Å². The molecule has 2 atom stereocenters. The summed E-state index contributed by atoms with van der Waals surface area (Å²) in [6.07, 6.45) is 5.92. The first-order chi connectivity index (χ1) is 14.4. The lowest BCUT2D eigenvalue weighted by Crippen LogP contribution is -2.61. The van der Waals surface area contributed by atoms with Crippen molar-refractivity contribution >= 4 is 17.4 Å². The molecule has 4 saturated carbocycles. The van der Waals surface area contributed by atoms with Gasteiger partial charge in [0, 0.05) is 30.9 Å². The number of aryl methyl sites for hydroxylation is 1. The van der Waals surface area contributed by atoms with Crippen molar-refractivity contribution in [1.29, 1.82) is 0 Å². The summed E-state index contributed by atoms with van der Waals surface area (Å²) in [5.74, 6) is 2.38. The van der Waals surface area contributed by atoms with Crippen LogP contribution in [-0.2, 0) is 13.5 Å². The minimum atomic E-state index is -0.477. The summed E-state index contributed by atoms with van der Waals surface area (Å²) in [6.45, 7) is 2.92. The van der Waals surface area contributed by atoms with Crippen LogP contribution in [0.15, 0.2) is 24.3 Å². The molecule has 6 heteroatoms. The summed E-state index contributed by atoms with van der Waals surface area (Å²) >= 11 is 0. The second-order valence-electron chi connectivity index (χ2n) is 10.1. The van der Waals surface area contributed by atoms with Gasteiger partial charge in [0.15, 0.2) is 5.69 Å². The number of carbonyl (C=O) groups excluding carboxylic acids is 1. The molecular weight excluding hydrogens is 376 g/mol. The highest BCUT2D eigenvalue weighted by Crippen LogP contribution is 2.55. The van der Waals surface area contributed by atoms with Gasteiger partial charge in [-0.3, -0.25) is 9.48 Å². The number of anilines is 2. The van der Waals surface area contributed by atoms with Gasteiger partial charge in [0.25, 0.3) is 5.91 Å². The number of fused-ring (bicyclic) bond motifs is 1. The lowest BCUT2D eigenvalue weighted by molar-refractivity contribution is -0.136. The fourth-order valence-corrected chi connectivity index (χ4v) is 7.21. The van der Waals surface area contributed by atoms with Crippen LogP contribution in [0, 0.1) is 24.7 Å². The van der Waals surface area contributed by atoms with E-state index in [9.17, 15) is 9.90 Å².